The van der Waals surface area contributed by atoms with Crippen molar-refractivity contribution in [2.45, 2.75) is 32.6 Å². The predicted octanol–water partition coefficient (Wildman–Crippen LogP) is 4.20. The van der Waals surface area contributed by atoms with Crippen molar-refractivity contribution in [3.63, 3.8) is 0 Å². The van der Waals surface area contributed by atoms with Gasteiger partial charge in [0.05, 0.1) is 29.3 Å². The SMILES string of the molecule is Cc1ccc(-n2ccnn2)c(C(=O)N2CCC(c3ccc(NC(=O)c4c(C)nc5ncccn45)cc3)CC2)c1. The van der Waals surface area contributed by atoms with Crippen LogP contribution in [0.5, 0.6) is 0 Å². The Morgan fingerprint density at radius 1 is 0.974 bits per heavy atom. The molecule has 1 fully saturated rings. The topological polar surface area (TPSA) is 110 Å². The summed E-state index contributed by atoms with van der Waals surface area (Å²) < 4.78 is 3.33. The van der Waals surface area contributed by atoms with Gasteiger partial charge in [-0.25, -0.2) is 14.6 Å². The number of piperidine rings is 1. The highest BCUT2D eigenvalue weighted by atomic mass is 16.2. The van der Waals surface area contributed by atoms with E-state index in [1.807, 2.05) is 42.2 Å². The van der Waals surface area contributed by atoms with Crippen molar-refractivity contribution in [2.24, 2.45) is 0 Å². The second-order valence-corrected chi connectivity index (χ2v) is 9.85. The number of nitrogens with one attached hydrogen (secondary N) is 1. The van der Waals surface area contributed by atoms with Crippen LogP contribution in [0.2, 0.25) is 0 Å². The van der Waals surface area contributed by atoms with E-state index in [9.17, 15) is 9.59 Å². The van der Waals surface area contributed by atoms with E-state index in [0.717, 1.165) is 29.8 Å². The molecule has 1 saturated heterocycles. The molecule has 196 valence electrons. The fourth-order valence-corrected chi connectivity index (χ4v) is 5.24. The summed E-state index contributed by atoms with van der Waals surface area (Å²) >= 11 is 0. The van der Waals surface area contributed by atoms with Crippen LogP contribution >= 0.6 is 0 Å². The molecular weight excluding hydrogens is 492 g/mol. The lowest BCUT2D eigenvalue weighted by atomic mass is 9.89. The quantitative estimate of drug-likeness (QED) is 0.372. The van der Waals surface area contributed by atoms with Gasteiger partial charge in [-0.15, -0.1) is 5.10 Å². The molecule has 0 spiro atoms. The van der Waals surface area contributed by atoms with Crippen molar-refractivity contribution < 1.29 is 9.59 Å². The minimum Gasteiger partial charge on any atom is -0.339 e. The summed E-state index contributed by atoms with van der Waals surface area (Å²) in [6.07, 6.45) is 8.53. The van der Waals surface area contributed by atoms with Gasteiger partial charge in [0.2, 0.25) is 5.78 Å². The predicted molar refractivity (Wildman–Crippen MR) is 146 cm³/mol. The molecule has 1 N–H and O–H groups in total. The van der Waals surface area contributed by atoms with Crippen LogP contribution in [0.3, 0.4) is 0 Å². The lowest BCUT2D eigenvalue weighted by Gasteiger charge is -2.32. The number of anilines is 1. The van der Waals surface area contributed by atoms with Gasteiger partial charge in [-0.3, -0.25) is 14.0 Å². The molecule has 10 heteroatoms. The summed E-state index contributed by atoms with van der Waals surface area (Å²) in [6.45, 7) is 5.14. The first-order valence-corrected chi connectivity index (χ1v) is 13.0. The number of imidazole rings is 1. The Hall–Kier alpha value is -4.86. The molecule has 0 saturated carbocycles. The van der Waals surface area contributed by atoms with E-state index < -0.39 is 0 Å². The number of hydrogen-bond donors (Lipinski definition) is 1. The smallest absolute Gasteiger partial charge is 0.274 e. The van der Waals surface area contributed by atoms with Gasteiger partial charge in [-0.2, -0.15) is 0 Å². The molecule has 10 nitrogen and oxygen atoms in total. The molecule has 0 atom stereocenters. The lowest BCUT2D eigenvalue weighted by Crippen LogP contribution is -2.38. The van der Waals surface area contributed by atoms with Gasteiger partial charge in [-0.05, 0) is 68.5 Å². The standard InChI is InChI=1S/C29H28N8O2/c1-19-4-9-25(37-17-13-31-34-37)24(18-19)28(39)35-15-10-22(11-16-35)21-5-7-23(8-6-21)33-27(38)26-20(2)32-29-30-12-3-14-36(26)29/h3-9,12-14,17-18,22H,10-11,15-16H2,1-2H3,(H,33,38). The van der Waals surface area contributed by atoms with Crippen molar-refractivity contribution in [3.05, 3.63) is 101 Å². The zero-order valence-corrected chi connectivity index (χ0v) is 21.8. The minimum atomic E-state index is -0.228. The fourth-order valence-electron chi connectivity index (χ4n) is 5.24. The fraction of sp³-hybridized carbons (Fsp3) is 0.241. The van der Waals surface area contributed by atoms with Crippen molar-refractivity contribution in [1.29, 1.82) is 0 Å². The molecule has 4 heterocycles. The van der Waals surface area contributed by atoms with E-state index in [2.05, 4.69) is 37.7 Å². The van der Waals surface area contributed by atoms with Gasteiger partial charge < -0.3 is 10.2 Å². The second-order valence-electron chi connectivity index (χ2n) is 9.85. The molecule has 0 unspecified atom stereocenters. The van der Waals surface area contributed by atoms with Crippen LogP contribution < -0.4 is 5.32 Å². The van der Waals surface area contributed by atoms with Gasteiger partial charge in [0.15, 0.2) is 0 Å². The molecule has 39 heavy (non-hydrogen) atoms. The highest BCUT2D eigenvalue weighted by Gasteiger charge is 2.27. The number of rotatable bonds is 5. The average molecular weight is 521 g/mol. The van der Waals surface area contributed by atoms with E-state index in [1.165, 1.54) is 5.56 Å². The molecule has 5 aromatic rings. The molecule has 1 aliphatic heterocycles. The number of benzene rings is 2. The summed E-state index contributed by atoms with van der Waals surface area (Å²) in [6, 6.07) is 15.6. The number of likely N-dealkylation sites (tertiary alicyclic amines) is 1. The highest BCUT2D eigenvalue weighted by molar-refractivity contribution is 6.04. The second kappa shape index (κ2) is 10.1. The third kappa shape index (κ3) is 4.76. The summed E-state index contributed by atoms with van der Waals surface area (Å²) in [5, 5.41) is 10.9. The number of aromatic nitrogens is 6. The number of nitrogens with zero attached hydrogens (tertiary/aromatic N) is 7. The normalized spacial score (nSPS) is 14.1. The van der Waals surface area contributed by atoms with Gasteiger partial charge in [0, 0.05) is 31.2 Å². The van der Waals surface area contributed by atoms with Gasteiger partial charge in [0.25, 0.3) is 11.8 Å². The number of fused-ring (bicyclic) bond motifs is 1. The summed E-state index contributed by atoms with van der Waals surface area (Å²) in [5.74, 6) is 0.628. The molecule has 2 amide bonds. The lowest BCUT2D eigenvalue weighted by molar-refractivity contribution is 0.0712. The van der Waals surface area contributed by atoms with Gasteiger partial charge in [-0.1, -0.05) is 29.0 Å². The summed E-state index contributed by atoms with van der Waals surface area (Å²) in [5.41, 5.74) is 5.42. The number of hydrogen-bond acceptors (Lipinski definition) is 6. The Bertz CT molecular complexity index is 1650. The third-order valence-corrected chi connectivity index (χ3v) is 7.27. The van der Waals surface area contributed by atoms with Crippen LogP contribution in [0, 0.1) is 13.8 Å². The van der Waals surface area contributed by atoms with Gasteiger partial charge >= 0.3 is 0 Å². The Balaban J connectivity index is 1.11. The Morgan fingerprint density at radius 3 is 2.51 bits per heavy atom. The monoisotopic (exact) mass is 520 g/mol. The van der Waals surface area contributed by atoms with E-state index in [4.69, 9.17) is 0 Å². The van der Waals surface area contributed by atoms with Crippen LogP contribution in [-0.2, 0) is 0 Å². The zero-order chi connectivity index (χ0) is 26.9. The largest absolute Gasteiger partial charge is 0.339 e. The van der Waals surface area contributed by atoms with E-state index in [-0.39, 0.29) is 11.8 Å². The molecular formula is C29H28N8O2. The van der Waals surface area contributed by atoms with Crippen molar-refractivity contribution in [2.75, 3.05) is 18.4 Å². The number of carbonyl (C=O) groups is 2. The maximum Gasteiger partial charge on any atom is 0.274 e. The minimum absolute atomic E-state index is 0.0126. The summed E-state index contributed by atoms with van der Waals surface area (Å²) in [4.78, 5) is 37.0. The molecule has 0 aliphatic carbocycles. The van der Waals surface area contributed by atoms with Crippen LogP contribution in [0.25, 0.3) is 11.5 Å². The maximum absolute atomic E-state index is 13.5. The molecule has 0 radical (unpaired) electrons. The molecule has 2 aromatic carbocycles. The molecule has 0 bridgehead atoms. The first-order chi connectivity index (χ1) is 19.0. The first-order valence-electron chi connectivity index (χ1n) is 13.0. The number of aryl methyl sites for hydroxylation is 2. The van der Waals surface area contributed by atoms with E-state index in [0.29, 0.717) is 41.7 Å². The Morgan fingerprint density at radius 2 is 1.77 bits per heavy atom. The van der Waals surface area contributed by atoms with Crippen LogP contribution in [0.4, 0.5) is 5.69 Å². The number of carbonyl (C=O) groups excluding carboxylic acids is 2. The van der Waals surface area contributed by atoms with Gasteiger partial charge in [0.1, 0.15) is 5.69 Å². The molecule has 1 aliphatic rings. The van der Waals surface area contributed by atoms with Crippen LogP contribution in [-0.4, -0.2) is 59.2 Å². The van der Waals surface area contributed by atoms with E-state index in [1.54, 1.807) is 46.9 Å². The van der Waals surface area contributed by atoms with Crippen LogP contribution in [0.15, 0.2) is 73.3 Å². The zero-order valence-electron chi connectivity index (χ0n) is 21.8. The maximum atomic E-state index is 13.5. The highest BCUT2D eigenvalue weighted by Crippen LogP contribution is 2.30. The average Bonchev–Trinajstić information content (AvgIpc) is 3.60. The van der Waals surface area contributed by atoms with Crippen molar-refractivity contribution in [1.82, 2.24) is 34.3 Å². The molecule has 3 aromatic heterocycles. The third-order valence-electron chi connectivity index (χ3n) is 7.27. The van der Waals surface area contributed by atoms with Crippen molar-refractivity contribution >= 4 is 23.3 Å². The Labute approximate surface area is 225 Å². The first kappa shape index (κ1) is 24.5. The Kier molecular flexibility index (Phi) is 6.36. The van der Waals surface area contributed by atoms with Crippen LogP contribution in [0.1, 0.15) is 56.4 Å². The number of amides is 2. The summed E-state index contributed by atoms with van der Waals surface area (Å²) in [7, 11) is 0. The van der Waals surface area contributed by atoms with E-state index >= 15 is 0 Å². The molecule has 6 rings (SSSR count). The van der Waals surface area contributed by atoms with Crippen molar-refractivity contribution in [3.8, 4) is 5.69 Å².